The van der Waals surface area contributed by atoms with Crippen LogP contribution in [0.2, 0.25) is 0 Å². The molecule has 0 heteroatoms. The SMILES string of the molecule is Cc1cc2ccccc2c(CCCCCCC(C)C)c1C. The molecule has 0 unspecified atom stereocenters. The van der Waals surface area contributed by atoms with Gasteiger partial charge in [0.15, 0.2) is 0 Å². The fourth-order valence-electron chi connectivity index (χ4n) is 3.21. The van der Waals surface area contributed by atoms with Gasteiger partial charge in [-0.25, -0.2) is 0 Å². The fraction of sp³-hybridized carbons (Fsp3) is 0.524. The number of unbranched alkanes of at least 4 members (excludes halogenated alkanes) is 3. The summed E-state index contributed by atoms with van der Waals surface area (Å²) in [5, 5.41) is 2.86. The van der Waals surface area contributed by atoms with Crippen LogP contribution in [0, 0.1) is 19.8 Å². The van der Waals surface area contributed by atoms with Gasteiger partial charge in [-0.15, -0.1) is 0 Å². The van der Waals surface area contributed by atoms with Gasteiger partial charge in [-0.05, 0) is 60.1 Å². The largest absolute Gasteiger partial charge is 0.0628 e. The molecule has 0 bridgehead atoms. The molecular formula is C21H30. The van der Waals surface area contributed by atoms with Crippen LogP contribution in [0.3, 0.4) is 0 Å². The molecule has 0 aliphatic carbocycles. The van der Waals surface area contributed by atoms with Gasteiger partial charge in [0.25, 0.3) is 0 Å². The molecule has 0 saturated carbocycles. The van der Waals surface area contributed by atoms with E-state index >= 15 is 0 Å². The highest BCUT2D eigenvalue weighted by Crippen LogP contribution is 2.27. The monoisotopic (exact) mass is 282 g/mol. The smallest absolute Gasteiger partial charge is 0.0149 e. The van der Waals surface area contributed by atoms with Gasteiger partial charge in [-0.3, -0.25) is 0 Å². The van der Waals surface area contributed by atoms with Crippen molar-refractivity contribution in [1.82, 2.24) is 0 Å². The maximum Gasteiger partial charge on any atom is -0.0149 e. The van der Waals surface area contributed by atoms with Gasteiger partial charge in [0.1, 0.15) is 0 Å². The van der Waals surface area contributed by atoms with Crippen LogP contribution in [0.4, 0.5) is 0 Å². The van der Waals surface area contributed by atoms with Crippen molar-refractivity contribution in [2.75, 3.05) is 0 Å². The van der Waals surface area contributed by atoms with Crippen LogP contribution in [0.1, 0.15) is 62.6 Å². The lowest BCUT2D eigenvalue weighted by molar-refractivity contribution is 0.520. The molecule has 0 amide bonds. The topological polar surface area (TPSA) is 0 Å². The first-order chi connectivity index (χ1) is 10.1. The first-order valence-corrected chi connectivity index (χ1v) is 8.57. The van der Waals surface area contributed by atoms with Crippen molar-refractivity contribution in [1.29, 1.82) is 0 Å². The second-order valence-electron chi connectivity index (χ2n) is 6.86. The van der Waals surface area contributed by atoms with Crippen LogP contribution in [0.15, 0.2) is 30.3 Å². The van der Waals surface area contributed by atoms with Crippen molar-refractivity contribution in [3.63, 3.8) is 0 Å². The van der Waals surface area contributed by atoms with E-state index in [4.69, 9.17) is 0 Å². The van der Waals surface area contributed by atoms with Crippen LogP contribution in [-0.2, 0) is 6.42 Å². The van der Waals surface area contributed by atoms with E-state index in [1.807, 2.05) is 0 Å². The number of fused-ring (bicyclic) bond motifs is 1. The average molecular weight is 282 g/mol. The Kier molecular flexibility index (Phi) is 5.85. The lowest BCUT2D eigenvalue weighted by Gasteiger charge is -2.13. The lowest BCUT2D eigenvalue weighted by Crippen LogP contribution is -1.96. The Morgan fingerprint density at radius 1 is 0.905 bits per heavy atom. The molecule has 0 aliphatic rings. The summed E-state index contributed by atoms with van der Waals surface area (Å²) in [4.78, 5) is 0. The summed E-state index contributed by atoms with van der Waals surface area (Å²) in [6, 6.07) is 11.2. The van der Waals surface area contributed by atoms with Crippen molar-refractivity contribution in [2.45, 2.75) is 66.2 Å². The predicted octanol–water partition coefficient (Wildman–Crippen LogP) is 6.61. The summed E-state index contributed by atoms with van der Waals surface area (Å²) < 4.78 is 0. The van der Waals surface area contributed by atoms with Gasteiger partial charge >= 0.3 is 0 Å². The Hall–Kier alpha value is -1.30. The molecule has 21 heavy (non-hydrogen) atoms. The molecule has 0 heterocycles. The van der Waals surface area contributed by atoms with Crippen LogP contribution < -0.4 is 0 Å². The Bertz CT molecular complexity index is 578. The highest BCUT2D eigenvalue weighted by Gasteiger charge is 2.07. The van der Waals surface area contributed by atoms with E-state index in [1.54, 1.807) is 5.56 Å². The molecule has 0 aliphatic heterocycles. The standard InChI is InChI=1S/C21H30/c1-16(2)11-7-5-6-8-13-20-18(4)17(3)15-19-12-9-10-14-21(19)20/h9-10,12,14-16H,5-8,11,13H2,1-4H3. The summed E-state index contributed by atoms with van der Waals surface area (Å²) in [5.74, 6) is 0.855. The highest BCUT2D eigenvalue weighted by molar-refractivity contribution is 5.87. The second kappa shape index (κ2) is 7.64. The molecule has 0 N–H and O–H groups in total. The molecule has 2 aromatic rings. The summed E-state index contributed by atoms with van der Waals surface area (Å²) in [6.07, 6.45) is 8.09. The summed E-state index contributed by atoms with van der Waals surface area (Å²) in [5.41, 5.74) is 4.51. The minimum absolute atomic E-state index is 0.855. The van der Waals surface area contributed by atoms with E-state index in [9.17, 15) is 0 Å². The van der Waals surface area contributed by atoms with E-state index in [2.05, 4.69) is 58.0 Å². The highest BCUT2D eigenvalue weighted by atomic mass is 14.1. The molecule has 0 nitrogen and oxygen atoms in total. The molecule has 0 fully saturated rings. The number of rotatable bonds is 7. The van der Waals surface area contributed by atoms with E-state index in [-0.39, 0.29) is 0 Å². The zero-order valence-electron chi connectivity index (χ0n) is 14.2. The lowest BCUT2D eigenvalue weighted by atomic mass is 9.92. The maximum atomic E-state index is 2.33. The zero-order chi connectivity index (χ0) is 15.2. The molecule has 0 radical (unpaired) electrons. The van der Waals surface area contributed by atoms with Crippen molar-refractivity contribution in [3.05, 3.63) is 47.0 Å². The maximum absolute atomic E-state index is 2.33. The van der Waals surface area contributed by atoms with E-state index in [0.29, 0.717) is 0 Å². The quantitative estimate of drug-likeness (QED) is 0.501. The van der Waals surface area contributed by atoms with E-state index in [0.717, 1.165) is 5.92 Å². The molecular weight excluding hydrogens is 252 g/mol. The summed E-state index contributed by atoms with van der Waals surface area (Å²) >= 11 is 0. The van der Waals surface area contributed by atoms with Crippen molar-refractivity contribution in [3.8, 4) is 0 Å². The molecule has 0 atom stereocenters. The van der Waals surface area contributed by atoms with E-state index < -0.39 is 0 Å². The molecule has 2 rings (SSSR count). The molecule has 0 saturated heterocycles. The van der Waals surface area contributed by atoms with Crippen LogP contribution >= 0.6 is 0 Å². The Balaban J connectivity index is 1.99. The number of hydrogen-bond acceptors (Lipinski definition) is 0. The normalized spacial score (nSPS) is 11.5. The fourth-order valence-corrected chi connectivity index (χ4v) is 3.21. The Morgan fingerprint density at radius 3 is 2.38 bits per heavy atom. The third-order valence-corrected chi connectivity index (χ3v) is 4.66. The Labute approximate surface area is 130 Å². The van der Waals surface area contributed by atoms with Gasteiger partial charge in [0, 0.05) is 0 Å². The average Bonchev–Trinajstić information content (AvgIpc) is 2.46. The van der Waals surface area contributed by atoms with Crippen LogP contribution in [0.25, 0.3) is 10.8 Å². The molecule has 0 spiro atoms. The van der Waals surface area contributed by atoms with Gasteiger partial charge in [0.2, 0.25) is 0 Å². The first-order valence-electron chi connectivity index (χ1n) is 8.57. The minimum atomic E-state index is 0.855. The third kappa shape index (κ3) is 4.33. The number of benzene rings is 2. The van der Waals surface area contributed by atoms with Crippen LogP contribution in [0.5, 0.6) is 0 Å². The van der Waals surface area contributed by atoms with E-state index in [1.165, 1.54) is 60.4 Å². The van der Waals surface area contributed by atoms with Gasteiger partial charge in [-0.1, -0.05) is 69.9 Å². The first kappa shape index (κ1) is 16.1. The molecule has 0 aromatic heterocycles. The van der Waals surface area contributed by atoms with Crippen molar-refractivity contribution >= 4 is 10.8 Å². The molecule has 2 aromatic carbocycles. The number of hydrogen-bond donors (Lipinski definition) is 0. The minimum Gasteiger partial charge on any atom is -0.0628 e. The zero-order valence-corrected chi connectivity index (χ0v) is 14.2. The summed E-state index contributed by atoms with van der Waals surface area (Å²) in [7, 11) is 0. The van der Waals surface area contributed by atoms with Gasteiger partial charge in [-0.2, -0.15) is 0 Å². The molecule has 114 valence electrons. The number of aryl methyl sites for hydroxylation is 2. The second-order valence-corrected chi connectivity index (χ2v) is 6.86. The van der Waals surface area contributed by atoms with Crippen LogP contribution in [-0.4, -0.2) is 0 Å². The van der Waals surface area contributed by atoms with Gasteiger partial charge < -0.3 is 0 Å². The predicted molar refractivity (Wildman–Crippen MR) is 95.0 cm³/mol. The Morgan fingerprint density at radius 2 is 1.62 bits per heavy atom. The van der Waals surface area contributed by atoms with Gasteiger partial charge in [0.05, 0.1) is 0 Å². The summed E-state index contributed by atoms with van der Waals surface area (Å²) in [6.45, 7) is 9.17. The third-order valence-electron chi connectivity index (χ3n) is 4.66. The van der Waals surface area contributed by atoms with Crippen molar-refractivity contribution in [2.24, 2.45) is 5.92 Å². The van der Waals surface area contributed by atoms with Crippen molar-refractivity contribution < 1.29 is 0 Å².